The van der Waals surface area contributed by atoms with E-state index in [-0.39, 0.29) is 12.3 Å². The largest absolute Gasteiger partial charge is 0.493 e. The van der Waals surface area contributed by atoms with Crippen molar-refractivity contribution in [2.45, 2.75) is 0 Å². The van der Waals surface area contributed by atoms with Crippen LogP contribution in [0.1, 0.15) is 20.8 Å². The summed E-state index contributed by atoms with van der Waals surface area (Å²) in [5.41, 5.74) is 3.82. The normalized spacial score (nSPS) is 10.8. The zero-order valence-electron chi connectivity index (χ0n) is 17.7. The number of carbonyl (C=O) groups excluding carboxylic acids is 3. The molecule has 1 heterocycles. The summed E-state index contributed by atoms with van der Waals surface area (Å²) < 4.78 is 10.6. The molecular weight excluding hydrogens is 442 g/mol. The number of hydrogen-bond acceptors (Lipinski definition) is 7. The number of ether oxygens (including phenoxy) is 2. The van der Waals surface area contributed by atoms with Crippen LogP contribution in [0.25, 0.3) is 6.08 Å². The monoisotopic (exact) mass is 463 g/mol. The fourth-order valence-corrected chi connectivity index (χ4v) is 3.17. The van der Waals surface area contributed by atoms with Crippen LogP contribution >= 0.6 is 11.3 Å². The molecule has 0 atom stereocenters. The number of nitrogens with zero attached hydrogens (tertiary/aromatic N) is 1. The third kappa shape index (κ3) is 7.44. The van der Waals surface area contributed by atoms with Crippen molar-refractivity contribution in [3.05, 3.63) is 88.1 Å². The molecule has 0 fully saturated rings. The average Bonchev–Trinajstić information content (AvgIpc) is 3.38. The summed E-state index contributed by atoms with van der Waals surface area (Å²) in [5, 5.41) is 8.13. The highest BCUT2D eigenvalue weighted by Gasteiger charge is 2.13. The molecule has 2 N–H and O–H groups in total. The number of esters is 1. The van der Waals surface area contributed by atoms with Gasteiger partial charge in [0.2, 0.25) is 5.91 Å². The molecule has 1 aromatic heterocycles. The van der Waals surface area contributed by atoms with Crippen molar-refractivity contribution in [2.24, 2.45) is 5.10 Å². The topological polar surface area (TPSA) is 106 Å². The van der Waals surface area contributed by atoms with Crippen LogP contribution in [-0.2, 0) is 9.59 Å². The molecule has 0 saturated carbocycles. The van der Waals surface area contributed by atoms with Crippen LogP contribution in [0.4, 0.5) is 0 Å². The molecule has 2 amide bonds. The van der Waals surface area contributed by atoms with E-state index in [1.807, 2.05) is 30.3 Å². The summed E-state index contributed by atoms with van der Waals surface area (Å²) in [6, 6.07) is 17.6. The fourth-order valence-electron chi connectivity index (χ4n) is 2.57. The third-order valence-electron chi connectivity index (χ3n) is 4.17. The van der Waals surface area contributed by atoms with E-state index < -0.39 is 17.8 Å². The van der Waals surface area contributed by atoms with Gasteiger partial charge in [0, 0.05) is 6.08 Å². The van der Waals surface area contributed by atoms with Crippen LogP contribution in [0.3, 0.4) is 0 Å². The van der Waals surface area contributed by atoms with Crippen LogP contribution < -0.4 is 20.2 Å². The van der Waals surface area contributed by atoms with Crippen molar-refractivity contribution in [2.75, 3.05) is 13.7 Å². The van der Waals surface area contributed by atoms with Gasteiger partial charge >= 0.3 is 5.97 Å². The van der Waals surface area contributed by atoms with Gasteiger partial charge < -0.3 is 14.8 Å². The van der Waals surface area contributed by atoms with Crippen LogP contribution in [0, 0.1) is 0 Å². The molecule has 0 saturated heterocycles. The molecule has 0 aliphatic heterocycles. The Morgan fingerprint density at radius 2 is 1.82 bits per heavy atom. The molecule has 3 aromatic rings. The number of rotatable bonds is 9. The Kier molecular flexibility index (Phi) is 8.49. The zero-order valence-corrected chi connectivity index (χ0v) is 18.5. The summed E-state index contributed by atoms with van der Waals surface area (Å²) in [6.07, 6.45) is 4.41. The van der Waals surface area contributed by atoms with E-state index >= 15 is 0 Å². The highest BCUT2D eigenvalue weighted by molar-refractivity contribution is 7.12. The van der Waals surface area contributed by atoms with Gasteiger partial charge in [0.1, 0.15) is 4.88 Å². The first-order valence-corrected chi connectivity index (χ1v) is 10.7. The molecule has 168 valence electrons. The lowest BCUT2D eigenvalue weighted by atomic mass is 10.2. The second-order valence-electron chi connectivity index (χ2n) is 6.53. The van der Waals surface area contributed by atoms with Gasteiger partial charge in [-0.05, 0) is 46.8 Å². The van der Waals surface area contributed by atoms with Crippen LogP contribution in [-0.4, -0.2) is 37.7 Å². The Hall–Kier alpha value is -4.24. The van der Waals surface area contributed by atoms with E-state index in [1.165, 1.54) is 30.7 Å². The molecule has 0 unspecified atom stereocenters. The van der Waals surface area contributed by atoms with Crippen LogP contribution in [0.5, 0.6) is 11.5 Å². The molecule has 0 radical (unpaired) electrons. The summed E-state index contributed by atoms with van der Waals surface area (Å²) >= 11 is 1.28. The van der Waals surface area contributed by atoms with E-state index in [2.05, 4.69) is 15.8 Å². The number of carbonyl (C=O) groups is 3. The van der Waals surface area contributed by atoms with Gasteiger partial charge in [0.05, 0.1) is 19.9 Å². The molecular formula is C24H21N3O5S. The Morgan fingerprint density at radius 1 is 1.00 bits per heavy atom. The quantitative estimate of drug-likeness (QED) is 0.167. The maximum Gasteiger partial charge on any atom is 0.353 e. The maximum absolute atomic E-state index is 12.1. The molecule has 2 aromatic carbocycles. The van der Waals surface area contributed by atoms with Gasteiger partial charge in [0.25, 0.3) is 5.91 Å². The Balaban J connectivity index is 1.48. The fraction of sp³-hybridized carbons (Fsp3) is 0.0833. The molecule has 33 heavy (non-hydrogen) atoms. The summed E-state index contributed by atoms with van der Waals surface area (Å²) in [5.74, 6) is -0.745. The highest BCUT2D eigenvalue weighted by atomic mass is 32.1. The van der Waals surface area contributed by atoms with E-state index in [1.54, 1.807) is 41.8 Å². The SMILES string of the molecule is COc1cc(C=NNC(=O)CNC(=O)C=Cc2ccccc2)ccc1OC(=O)c1cccs1. The van der Waals surface area contributed by atoms with Gasteiger partial charge in [-0.15, -0.1) is 11.3 Å². The van der Waals surface area contributed by atoms with Crippen LogP contribution in [0.2, 0.25) is 0 Å². The third-order valence-corrected chi connectivity index (χ3v) is 5.02. The molecule has 0 spiro atoms. The number of benzene rings is 2. The molecule has 0 bridgehead atoms. The number of thiophene rings is 1. The van der Waals surface area contributed by atoms with E-state index in [0.717, 1.165) is 5.56 Å². The van der Waals surface area contributed by atoms with Crippen molar-refractivity contribution in [3.63, 3.8) is 0 Å². The summed E-state index contributed by atoms with van der Waals surface area (Å²) in [4.78, 5) is 36.3. The molecule has 0 aliphatic rings. The maximum atomic E-state index is 12.1. The number of hydrogen-bond donors (Lipinski definition) is 2. The number of methoxy groups -OCH3 is 1. The van der Waals surface area contributed by atoms with Gasteiger partial charge in [-0.25, -0.2) is 10.2 Å². The average molecular weight is 464 g/mol. The summed E-state index contributed by atoms with van der Waals surface area (Å²) in [6.45, 7) is -0.226. The van der Waals surface area contributed by atoms with Crippen LogP contribution in [0.15, 0.2) is 77.2 Å². The van der Waals surface area contributed by atoms with E-state index in [0.29, 0.717) is 16.2 Å². The Labute approximate surface area is 194 Å². The van der Waals surface area contributed by atoms with Crippen molar-refractivity contribution < 1.29 is 23.9 Å². The van der Waals surface area contributed by atoms with E-state index in [4.69, 9.17) is 9.47 Å². The van der Waals surface area contributed by atoms with Crippen molar-refractivity contribution in [1.82, 2.24) is 10.7 Å². The number of hydrazone groups is 1. The van der Waals surface area contributed by atoms with Gasteiger partial charge in [-0.1, -0.05) is 36.4 Å². The zero-order chi connectivity index (χ0) is 23.5. The molecule has 9 heteroatoms. The number of amides is 2. The lowest BCUT2D eigenvalue weighted by molar-refractivity contribution is -0.123. The minimum atomic E-state index is -0.485. The highest BCUT2D eigenvalue weighted by Crippen LogP contribution is 2.28. The second-order valence-corrected chi connectivity index (χ2v) is 7.48. The van der Waals surface area contributed by atoms with E-state index in [9.17, 15) is 14.4 Å². The molecule has 3 rings (SSSR count). The first-order chi connectivity index (χ1) is 16.0. The predicted octanol–water partition coefficient (Wildman–Crippen LogP) is 3.26. The minimum Gasteiger partial charge on any atom is -0.493 e. The molecule has 8 nitrogen and oxygen atoms in total. The standard InChI is InChI=1S/C24H21N3O5S/c1-31-20-14-18(9-11-19(20)32-24(30)21-8-5-13-33-21)15-26-27-23(29)16-25-22(28)12-10-17-6-3-2-4-7-17/h2-15H,16H2,1H3,(H,25,28)(H,27,29). The van der Waals surface area contributed by atoms with Crippen molar-refractivity contribution in [3.8, 4) is 11.5 Å². The lowest BCUT2D eigenvalue weighted by Crippen LogP contribution is -2.34. The van der Waals surface area contributed by atoms with Crippen molar-refractivity contribution in [1.29, 1.82) is 0 Å². The summed E-state index contributed by atoms with van der Waals surface area (Å²) in [7, 11) is 1.45. The smallest absolute Gasteiger partial charge is 0.353 e. The van der Waals surface area contributed by atoms with Gasteiger partial charge in [-0.2, -0.15) is 5.10 Å². The Morgan fingerprint density at radius 3 is 2.55 bits per heavy atom. The minimum absolute atomic E-state index is 0.226. The van der Waals surface area contributed by atoms with Gasteiger partial charge in [0.15, 0.2) is 11.5 Å². The van der Waals surface area contributed by atoms with Gasteiger partial charge in [-0.3, -0.25) is 9.59 Å². The van der Waals surface area contributed by atoms with Crippen molar-refractivity contribution >= 4 is 41.4 Å². The number of nitrogens with one attached hydrogen (secondary N) is 2. The first-order valence-electron chi connectivity index (χ1n) is 9.82. The molecule has 0 aliphatic carbocycles. The predicted molar refractivity (Wildman–Crippen MR) is 126 cm³/mol. The first kappa shape index (κ1) is 23.4. The lowest BCUT2D eigenvalue weighted by Gasteiger charge is -2.09. The second kappa shape index (κ2) is 12.0. The Bertz CT molecular complexity index is 1160.